The standard InChI is InChI=1S/C32H18F6N2O2/c33-31(34,35)21-13-7-15-23(17-21)39-27-25(19-9-3-1-4-10-19)29(41)40(24-16-8-14-22(18-24)32(36,37)38)28(27)26(30(39)42)20-11-5-2-6-12-20/h1-18H. The van der Waals surface area contributed by atoms with Crippen LogP contribution >= 0.6 is 0 Å². The maximum atomic E-state index is 14.2. The second kappa shape index (κ2) is 9.76. The van der Waals surface area contributed by atoms with Crippen molar-refractivity contribution in [2.45, 2.75) is 12.4 Å². The van der Waals surface area contributed by atoms with E-state index in [0.717, 1.165) is 46.2 Å². The molecule has 4 nitrogen and oxygen atoms in total. The van der Waals surface area contributed by atoms with Crippen LogP contribution < -0.4 is 9.80 Å². The smallest absolute Gasteiger partial charge is 0.274 e. The fourth-order valence-corrected chi connectivity index (χ4v) is 5.17. The Kier molecular flexibility index (Phi) is 6.29. The molecule has 6 rings (SSSR count). The van der Waals surface area contributed by atoms with Gasteiger partial charge in [-0.25, -0.2) is 0 Å². The van der Waals surface area contributed by atoms with Gasteiger partial charge in [0.2, 0.25) is 0 Å². The second-order valence-electron chi connectivity index (χ2n) is 9.56. The topological polar surface area (TPSA) is 40.6 Å². The lowest BCUT2D eigenvalue weighted by molar-refractivity contribution is -0.138. The number of amides is 2. The van der Waals surface area contributed by atoms with E-state index in [-0.39, 0.29) is 33.9 Å². The van der Waals surface area contributed by atoms with Crippen LogP contribution in [0.15, 0.2) is 121 Å². The fraction of sp³-hybridized carbons (Fsp3) is 0.0625. The minimum absolute atomic E-state index is 0.0215. The number of hydrogen-bond donors (Lipinski definition) is 0. The SMILES string of the molecule is O=C1C(c2ccccc2)=C2C(=C(c3ccccc3)C(=O)N2c2cccc(C(F)(F)F)c2)N1c1cccc(C(F)(F)F)c1. The number of carbonyl (C=O) groups is 2. The molecule has 0 spiro atoms. The van der Waals surface area contributed by atoms with E-state index in [1.807, 2.05) is 0 Å². The number of rotatable bonds is 4. The molecule has 2 aliphatic rings. The summed E-state index contributed by atoms with van der Waals surface area (Å²) in [7, 11) is 0. The molecule has 210 valence electrons. The Morgan fingerprint density at radius 2 is 0.810 bits per heavy atom. The molecule has 0 aromatic heterocycles. The van der Waals surface area contributed by atoms with Gasteiger partial charge in [0.15, 0.2) is 0 Å². The van der Waals surface area contributed by atoms with E-state index in [9.17, 15) is 35.9 Å². The summed E-state index contributed by atoms with van der Waals surface area (Å²) in [6, 6.07) is 24.5. The number of benzene rings is 4. The third-order valence-electron chi connectivity index (χ3n) is 6.97. The first-order valence-electron chi connectivity index (χ1n) is 12.6. The van der Waals surface area contributed by atoms with Crippen molar-refractivity contribution in [3.8, 4) is 0 Å². The highest BCUT2D eigenvalue weighted by atomic mass is 19.4. The zero-order valence-corrected chi connectivity index (χ0v) is 21.4. The number of fused-ring (bicyclic) bond motifs is 1. The summed E-state index contributed by atoms with van der Waals surface area (Å²) in [4.78, 5) is 30.5. The number of hydrogen-bond acceptors (Lipinski definition) is 2. The summed E-state index contributed by atoms with van der Waals surface area (Å²) >= 11 is 0. The summed E-state index contributed by atoms with van der Waals surface area (Å²) in [5, 5.41) is 0. The first kappa shape index (κ1) is 27.1. The van der Waals surface area contributed by atoms with Gasteiger partial charge in [-0.2, -0.15) is 26.3 Å². The van der Waals surface area contributed by atoms with Crippen LogP contribution in [-0.4, -0.2) is 11.8 Å². The normalized spacial score (nSPS) is 15.7. The first-order chi connectivity index (χ1) is 20.0. The van der Waals surface area contributed by atoms with Gasteiger partial charge in [0.05, 0.1) is 33.7 Å². The summed E-state index contributed by atoms with van der Waals surface area (Å²) in [6.45, 7) is 0. The van der Waals surface area contributed by atoms with Crippen molar-refractivity contribution in [1.29, 1.82) is 0 Å². The summed E-state index contributed by atoms with van der Waals surface area (Å²) in [5.41, 5.74) is -1.78. The maximum absolute atomic E-state index is 14.2. The van der Waals surface area contributed by atoms with Crippen molar-refractivity contribution < 1.29 is 35.9 Å². The molecule has 0 aliphatic carbocycles. The number of halogens is 6. The quantitative estimate of drug-likeness (QED) is 0.232. The van der Waals surface area contributed by atoms with E-state index < -0.39 is 35.3 Å². The molecule has 4 aromatic rings. The van der Waals surface area contributed by atoms with Gasteiger partial charge in [-0.3, -0.25) is 19.4 Å². The number of alkyl halides is 6. The Labute approximate surface area is 235 Å². The van der Waals surface area contributed by atoms with Crippen molar-refractivity contribution >= 4 is 34.3 Å². The van der Waals surface area contributed by atoms with Crippen LogP contribution in [0.4, 0.5) is 37.7 Å². The van der Waals surface area contributed by atoms with Crippen molar-refractivity contribution in [3.63, 3.8) is 0 Å². The van der Waals surface area contributed by atoms with Gasteiger partial charge in [0.1, 0.15) is 0 Å². The highest BCUT2D eigenvalue weighted by Gasteiger charge is 2.50. The molecule has 0 saturated heterocycles. The average Bonchev–Trinajstić information content (AvgIpc) is 3.41. The van der Waals surface area contributed by atoms with Crippen molar-refractivity contribution in [3.05, 3.63) is 143 Å². The zero-order valence-electron chi connectivity index (χ0n) is 21.4. The molecule has 4 aromatic carbocycles. The van der Waals surface area contributed by atoms with Crippen molar-refractivity contribution in [1.82, 2.24) is 0 Å². The number of carbonyl (C=O) groups excluding carboxylic acids is 2. The minimum atomic E-state index is -4.72. The summed E-state index contributed by atoms with van der Waals surface area (Å²) < 4.78 is 82.2. The van der Waals surface area contributed by atoms with Gasteiger partial charge in [0, 0.05) is 11.4 Å². The van der Waals surface area contributed by atoms with Crippen LogP contribution in [0, 0.1) is 0 Å². The number of nitrogens with zero attached hydrogens (tertiary/aromatic N) is 2. The molecule has 0 N–H and O–H groups in total. The van der Waals surface area contributed by atoms with Crippen molar-refractivity contribution in [2.24, 2.45) is 0 Å². The van der Waals surface area contributed by atoms with Gasteiger partial charge in [-0.05, 0) is 47.5 Å². The fourth-order valence-electron chi connectivity index (χ4n) is 5.17. The highest BCUT2D eigenvalue weighted by molar-refractivity contribution is 6.43. The Balaban J connectivity index is 1.67. The van der Waals surface area contributed by atoms with E-state index >= 15 is 0 Å². The Bertz CT molecular complexity index is 1660. The largest absolute Gasteiger partial charge is 0.416 e. The van der Waals surface area contributed by atoms with Gasteiger partial charge >= 0.3 is 12.4 Å². The monoisotopic (exact) mass is 576 g/mol. The van der Waals surface area contributed by atoms with E-state index in [4.69, 9.17) is 0 Å². The number of anilines is 2. The van der Waals surface area contributed by atoms with E-state index in [1.54, 1.807) is 60.7 Å². The predicted molar refractivity (Wildman–Crippen MR) is 145 cm³/mol. The predicted octanol–water partition coefficient (Wildman–Crippen LogP) is 7.94. The zero-order chi connectivity index (χ0) is 29.8. The third-order valence-corrected chi connectivity index (χ3v) is 6.97. The molecule has 0 fully saturated rings. The molecule has 0 radical (unpaired) electrons. The van der Waals surface area contributed by atoms with Crippen LogP contribution in [0.5, 0.6) is 0 Å². The first-order valence-corrected chi connectivity index (χ1v) is 12.6. The molecule has 2 heterocycles. The Morgan fingerprint density at radius 1 is 0.452 bits per heavy atom. The lowest BCUT2D eigenvalue weighted by Gasteiger charge is -2.21. The van der Waals surface area contributed by atoms with Crippen LogP contribution in [0.3, 0.4) is 0 Å². The minimum Gasteiger partial charge on any atom is -0.274 e. The van der Waals surface area contributed by atoms with Gasteiger partial charge in [0.25, 0.3) is 11.8 Å². The lowest BCUT2D eigenvalue weighted by Crippen LogP contribution is -2.27. The van der Waals surface area contributed by atoms with Gasteiger partial charge in [-0.15, -0.1) is 0 Å². The van der Waals surface area contributed by atoms with Gasteiger partial charge in [-0.1, -0.05) is 72.8 Å². The van der Waals surface area contributed by atoms with E-state index in [2.05, 4.69) is 0 Å². The molecule has 42 heavy (non-hydrogen) atoms. The maximum Gasteiger partial charge on any atom is 0.416 e. The van der Waals surface area contributed by atoms with Crippen LogP contribution in [-0.2, 0) is 21.9 Å². The Morgan fingerprint density at radius 3 is 1.14 bits per heavy atom. The van der Waals surface area contributed by atoms with Crippen molar-refractivity contribution in [2.75, 3.05) is 9.80 Å². The molecule has 0 saturated carbocycles. The molecular weight excluding hydrogens is 558 g/mol. The van der Waals surface area contributed by atoms with E-state index in [1.165, 1.54) is 12.1 Å². The van der Waals surface area contributed by atoms with Crippen LogP contribution in [0.2, 0.25) is 0 Å². The average molecular weight is 576 g/mol. The van der Waals surface area contributed by atoms with Crippen LogP contribution in [0.25, 0.3) is 11.1 Å². The molecule has 0 unspecified atom stereocenters. The molecule has 10 heteroatoms. The lowest BCUT2D eigenvalue weighted by atomic mass is 10.0. The molecular formula is C32H18F6N2O2. The highest BCUT2D eigenvalue weighted by Crippen LogP contribution is 2.50. The molecule has 2 amide bonds. The summed E-state index contributed by atoms with van der Waals surface area (Å²) in [6.07, 6.45) is -9.44. The third kappa shape index (κ3) is 4.45. The van der Waals surface area contributed by atoms with Gasteiger partial charge < -0.3 is 0 Å². The second-order valence-corrected chi connectivity index (χ2v) is 9.56. The van der Waals surface area contributed by atoms with E-state index in [0.29, 0.717) is 11.1 Å². The van der Waals surface area contributed by atoms with Crippen LogP contribution in [0.1, 0.15) is 22.3 Å². The molecule has 0 bridgehead atoms. The summed E-state index contributed by atoms with van der Waals surface area (Å²) in [5.74, 6) is -1.47. The molecule has 0 atom stereocenters. The molecule has 2 aliphatic heterocycles. The Hall–Kier alpha value is -5.12.